The lowest BCUT2D eigenvalue weighted by Crippen LogP contribution is -2.13. The number of fused-ring (bicyclic) bond motifs is 2. The molecule has 0 N–H and O–H groups in total. The second-order valence-corrected chi connectivity index (χ2v) is 6.57. The quantitative estimate of drug-likeness (QED) is 0.390. The maximum absolute atomic E-state index is 12.9. The van der Waals surface area contributed by atoms with E-state index in [0.717, 1.165) is 22.0 Å². The molecule has 0 unspecified atom stereocenters. The van der Waals surface area contributed by atoms with Crippen LogP contribution in [0.15, 0.2) is 57.7 Å². The summed E-state index contributed by atoms with van der Waals surface area (Å²) in [5, 5.41) is 1.62. The van der Waals surface area contributed by atoms with Gasteiger partial charge in [-0.3, -0.25) is 4.79 Å². The van der Waals surface area contributed by atoms with Crippen LogP contribution >= 0.6 is 0 Å². The average Bonchev–Trinajstić information content (AvgIpc) is 2.95. The van der Waals surface area contributed by atoms with Gasteiger partial charge in [0.1, 0.15) is 17.1 Å². The maximum atomic E-state index is 12.9. The van der Waals surface area contributed by atoms with Crippen LogP contribution in [0.5, 0.6) is 11.5 Å². The summed E-state index contributed by atoms with van der Waals surface area (Å²) >= 11 is 0. The summed E-state index contributed by atoms with van der Waals surface area (Å²) in [6.45, 7) is 1.78. The zero-order chi connectivity index (χ0) is 19.8. The highest BCUT2D eigenvalue weighted by Gasteiger charge is 2.19. The highest BCUT2D eigenvalue weighted by molar-refractivity contribution is 6.10. The van der Waals surface area contributed by atoms with Crippen molar-refractivity contribution in [3.63, 3.8) is 0 Å². The van der Waals surface area contributed by atoms with E-state index in [2.05, 4.69) is 0 Å². The Balaban J connectivity index is 1.64. The molecule has 0 aliphatic carbocycles. The summed E-state index contributed by atoms with van der Waals surface area (Å²) in [5.74, 6) is 1.02. The summed E-state index contributed by atoms with van der Waals surface area (Å²) in [7, 11) is 3.52. The van der Waals surface area contributed by atoms with Crippen LogP contribution in [0.4, 0.5) is 0 Å². The Morgan fingerprint density at radius 2 is 1.82 bits per heavy atom. The molecule has 0 atom stereocenters. The summed E-state index contributed by atoms with van der Waals surface area (Å²) in [6, 6.07) is 13.9. The zero-order valence-corrected chi connectivity index (χ0v) is 15.8. The second kappa shape index (κ2) is 6.88. The lowest BCUT2D eigenvalue weighted by atomic mass is 10.1. The Kier molecular flexibility index (Phi) is 4.39. The maximum Gasteiger partial charge on any atom is 0.336 e. The number of aromatic nitrogens is 1. The van der Waals surface area contributed by atoms with Crippen molar-refractivity contribution in [3.05, 3.63) is 70.2 Å². The molecule has 0 aliphatic heterocycles. The number of aryl methyl sites for hydroxylation is 1. The van der Waals surface area contributed by atoms with Crippen LogP contribution in [0.2, 0.25) is 0 Å². The number of rotatable bonds is 5. The molecule has 0 radical (unpaired) electrons. The first-order chi connectivity index (χ1) is 13.5. The molecule has 2 aromatic carbocycles. The van der Waals surface area contributed by atoms with Gasteiger partial charge >= 0.3 is 5.63 Å². The van der Waals surface area contributed by atoms with Gasteiger partial charge in [-0.2, -0.15) is 0 Å². The van der Waals surface area contributed by atoms with Gasteiger partial charge in [0.2, 0.25) is 5.78 Å². The largest absolute Gasteiger partial charge is 0.497 e. The number of ether oxygens (including phenoxy) is 2. The Morgan fingerprint density at radius 1 is 1.07 bits per heavy atom. The van der Waals surface area contributed by atoms with Crippen molar-refractivity contribution in [1.29, 1.82) is 0 Å². The van der Waals surface area contributed by atoms with Crippen molar-refractivity contribution in [2.75, 3.05) is 13.7 Å². The molecule has 0 saturated carbocycles. The van der Waals surface area contributed by atoms with Crippen LogP contribution in [0, 0.1) is 6.92 Å². The van der Waals surface area contributed by atoms with E-state index >= 15 is 0 Å². The van der Waals surface area contributed by atoms with E-state index in [-0.39, 0.29) is 12.4 Å². The van der Waals surface area contributed by atoms with Crippen LogP contribution in [0.1, 0.15) is 16.1 Å². The summed E-state index contributed by atoms with van der Waals surface area (Å²) in [6.07, 6.45) is 0. The second-order valence-electron chi connectivity index (χ2n) is 6.57. The van der Waals surface area contributed by atoms with E-state index in [4.69, 9.17) is 13.9 Å². The normalized spacial score (nSPS) is 11.1. The Labute approximate surface area is 160 Å². The molecule has 0 saturated heterocycles. The van der Waals surface area contributed by atoms with Crippen LogP contribution in [0.3, 0.4) is 0 Å². The molecule has 4 rings (SSSR count). The van der Waals surface area contributed by atoms with Gasteiger partial charge in [0.15, 0.2) is 6.61 Å². The van der Waals surface area contributed by atoms with E-state index in [1.807, 2.05) is 36.7 Å². The molecule has 2 heterocycles. The third-order valence-corrected chi connectivity index (χ3v) is 4.94. The van der Waals surface area contributed by atoms with E-state index in [0.29, 0.717) is 22.6 Å². The molecule has 0 spiro atoms. The standard InChI is InChI=1S/C22H19NO5/c1-13-22(17-10-15(26-3)7-8-18(17)23(13)2)19(24)12-27-16-6-4-14-5-9-21(25)28-20(14)11-16/h4-11H,12H2,1-3H3. The third-order valence-electron chi connectivity index (χ3n) is 4.94. The van der Waals surface area contributed by atoms with Gasteiger partial charge in [-0.15, -0.1) is 0 Å². The first-order valence-corrected chi connectivity index (χ1v) is 8.81. The SMILES string of the molecule is COc1ccc2c(c1)c(C(=O)COc1ccc3ccc(=O)oc3c1)c(C)n2C. The number of ketones is 1. The number of carbonyl (C=O) groups excluding carboxylic acids is 1. The average molecular weight is 377 g/mol. The number of hydrogen-bond acceptors (Lipinski definition) is 5. The van der Waals surface area contributed by atoms with Gasteiger partial charge in [-0.1, -0.05) is 0 Å². The fourth-order valence-electron chi connectivity index (χ4n) is 3.38. The van der Waals surface area contributed by atoms with Crippen LogP contribution in [0.25, 0.3) is 21.9 Å². The Bertz CT molecular complexity index is 1270. The lowest BCUT2D eigenvalue weighted by Gasteiger charge is -2.07. The minimum Gasteiger partial charge on any atom is -0.497 e. The number of carbonyl (C=O) groups is 1. The van der Waals surface area contributed by atoms with Gasteiger partial charge in [-0.25, -0.2) is 4.79 Å². The molecule has 0 bridgehead atoms. The molecule has 6 heteroatoms. The summed E-state index contributed by atoms with van der Waals surface area (Å²) in [5.41, 5.74) is 2.42. The fraction of sp³-hybridized carbons (Fsp3) is 0.182. The number of benzene rings is 2. The number of methoxy groups -OCH3 is 1. The van der Waals surface area contributed by atoms with Crippen molar-refractivity contribution in [2.24, 2.45) is 7.05 Å². The van der Waals surface area contributed by atoms with E-state index in [9.17, 15) is 9.59 Å². The van der Waals surface area contributed by atoms with Crippen molar-refractivity contribution < 1.29 is 18.7 Å². The molecule has 28 heavy (non-hydrogen) atoms. The van der Waals surface area contributed by atoms with Gasteiger partial charge < -0.3 is 18.5 Å². The minimum absolute atomic E-state index is 0.125. The Morgan fingerprint density at radius 3 is 2.61 bits per heavy atom. The van der Waals surface area contributed by atoms with Crippen LogP contribution < -0.4 is 15.1 Å². The van der Waals surface area contributed by atoms with Crippen molar-refractivity contribution in [2.45, 2.75) is 6.92 Å². The monoisotopic (exact) mass is 377 g/mol. The van der Waals surface area contributed by atoms with Gasteiger partial charge in [0, 0.05) is 46.7 Å². The number of nitrogens with zero attached hydrogens (tertiary/aromatic N) is 1. The van der Waals surface area contributed by atoms with Crippen molar-refractivity contribution in [1.82, 2.24) is 4.57 Å². The highest BCUT2D eigenvalue weighted by atomic mass is 16.5. The van der Waals surface area contributed by atoms with Crippen LogP contribution in [-0.4, -0.2) is 24.1 Å². The fourth-order valence-corrected chi connectivity index (χ4v) is 3.38. The molecule has 0 aliphatic rings. The third kappa shape index (κ3) is 3.03. The first kappa shape index (κ1) is 17.9. The molecule has 142 valence electrons. The van der Waals surface area contributed by atoms with Gasteiger partial charge in [-0.05, 0) is 43.3 Å². The van der Waals surface area contributed by atoms with E-state index in [1.165, 1.54) is 6.07 Å². The molecule has 0 amide bonds. The first-order valence-electron chi connectivity index (χ1n) is 8.81. The number of hydrogen-bond donors (Lipinski definition) is 0. The molecule has 2 aromatic heterocycles. The van der Waals surface area contributed by atoms with Crippen molar-refractivity contribution >= 4 is 27.7 Å². The Hall–Kier alpha value is -3.54. The molecule has 6 nitrogen and oxygen atoms in total. The molecule has 0 fully saturated rings. The summed E-state index contributed by atoms with van der Waals surface area (Å²) in [4.78, 5) is 24.3. The van der Waals surface area contributed by atoms with E-state index < -0.39 is 5.63 Å². The van der Waals surface area contributed by atoms with E-state index in [1.54, 1.807) is 31.4 Å². The molecule has 4 aromatic rings. The zero-order valence-electron chi connectivity index (χ0n) is 15.8. The topological polar surface area (TPSA) is 70.7 Å². The van der Waals surface area contributed by atoms with Gasteiger partial charge in [0.05, 0.1) is 7.11 Å². The number of Topliss-reactive ketones (excluding diaryl/α,β-unsaturated/α-hetero) is 1. The molecular weight excluding hydrogens is 358 g/mol. The minimum atomic E-state index is -0.430. The summed E-state index contributed by atoms with van der Waals surface area (Å²) < 4.78 is 18.1. The van der Waals surface area contributed by atoms with Crippen LogP contribution in [-0.2, 0) is 7.05 Å². The molecular formula is C22H19NO5. The smallest absolute Gasteiger partial charge is 0.336 e. The predicted molar refractivity (Wildman–Crippen MR) is 107 cm³/mol. The van der Waals surface area contributed by atoms with Gasteiger partial charge in [0.25, 0.3) is 0 Å². The van der Waals surface area contributed by atoms with Crippen molar-refractivity contribution in [3.8, 4) is 11.5 Å². The highest BCUT2D eigenvalue weighted by Crippen LogP contribution is 2.29. The lowest BCUT2D eigenvalue weighted by molar-refractivity contribution is 0.0922. The predicted octanol–water partition coefficient (Wildman–Crippen LogP) is 3.86.